The molecule has 2 rings (SSSR count). The van der Waals surface area contributed by atoms with Crippen molar-refractivity contribution in [3.63, 3.8) is 0 Å². The molecule has 7 nitrogen and oxygen atoms in total. The summed E-state index contributed by atoms with van der Waals surface area (Å²) in [4.78, 5) is 10.8. The third-order valence-electron chi connectivity index (χ3n) is 3.09. The van der Waals surface area contributed by atoms with Crippen LogP contribution in [0.1, 0.15) is 18.6 Å². The van der Waals surface area contributed by atoms with Crippen molar-refractivity contribution < 1.29 is 22.7 Å². The summed E-state index contributed by atoms with van der Waals surface area (Å²) < 4.78 is 30.4. The smallest absolute Gasteiger partial charge is 0.306 e. The van der Waals surface area contributed by atoms with E-state index in [1.807, 2.05) is 0 Å². The quantitative estimate of drug-likeness (QED) is 0.871. The van der Waals surface area contributed by atoms with Gasteiger partial charge in [0, 0.05) is 13.1 Å². The second kappa shape index (κ2) is 5.03. The number of carboxylic acid groups (broad SMARTS) is 1. The molecule has 0 spiro atoms. The Hall–Kier alpha value is -1.85. The highest BCUT2D eigenvalue weighted by atomic mass is 32.2. The Morgan fingerprint density at radius 1 is 1.42 bits per heavy atom. The molecule has 0 amide bonds. The molecule has 1 aliphatic rings. The van der Waals surface area contributed by atoms with E-state index in [2.05, 4.69) is 0 Å². The second-order valence-corrected chi connectivity index (χ2v) is 6.12. The van der Waals surface area contributed by atoms with Gasteiger partial charge >= 0.3 is 5.97 Å². The highest BCUT2D eigenvalue weighted by Crippen LogP contribution is 2.24. The lowest BCUT2D eigenvalue weighted by Crippen LogP contribution is -2.40. The minimum absolute atomic E-state index is 0.0704. The number of piperidine rings is 1. The molecule has 0 bridgehead atoms. The molecule has 0 radical (unpaired) electrons. The molecule has 2 heterocycles. The molecule has 0 saturated carbocycles. The molecule has 1 aliphatic heterocycles. The molecule has 0 aromatic carbocycles. The van der Waals surface area contributed by atoms with Crippen LogP contribution in [0.4, 0.5) is 0 Å². The number of rotatable bonds is 3. The summed E-state index contributed by atoms with van der Waals surface area (Å²) in [5, 5.41) is 17.2. The van der Waals surface area contributed by atoms with Gasteiger partial charge in [-0.3, -0.25) is 4.79 Å². The van der Waals surface area contributed by atoms with Crippen LogP contribution in [0.3, 0.4) is 0 Å². The minimum Gasteiger partial charge on any atom is -0.481 e. The number of furan rings is 1. The molecule has 0 atom stereocenters. The first-order chi connectivity index (χ1) is 8.95. The lowest BCUT2D eigenvalue weighted by molar-refractivity contribution is -0.142. The first-order valence-corrected chi connectivity index (χ1v) is 7.12. The van der Waals surface area contributed by atoms with Crippen molar-refractivity contribution in [2.75, 3.05) is 13.1 Å². The molecule has 1 aromatic rings. The Morgan fingerprint density at radius 3 is 2.53 bits per heavy atom. The van der Waals surface area contributed by atoms with E-state index in [0.717, 1.165) is 0 Å². The maximum atomic E-state index is 12.2. The first kappa shape index (κ1) is 13.6. The molecule has 19 heavy (non-hydrogen) atoms. The molecule has 0 unspecified atom stereocenters. The van der Waals surface area contributed by atoms with Crippen molar-refractivity contribution in [2.45, 2.75) is 17.9 Å². The van der Waals surface area contributed by atoms with Crippen LogP contribution >= 0.6 is 0 Å². The fraction of sp³-hybridized carbons (Fsp3) is 0.455. The summed E-state index contributed by atoms with van der Waals surface area (Å²) in [6.07, 6.45) is 0.556. The van der Waals surface area contributed by atoms with E-state index in [4.69, 9.17) is 14.8 Å². The number of hydrogen-bond acceptors (Lipinski definition) is 5. The average molecular weight is 284 g/mol. The SMILES string of the molecule is N#Cc1ccc(S(=O)(=O)N2CCC(C(=O)O)CC2)o1. The molecular formula is C11H12N2O5S. The largest absolute Gasteiger partial charge is 0.481 e. The lowest BCUT2D eigenvalue weighted by Gasteiger charge is -2.28. The van der Waals surface area contributed by atoms with E-state index >= 15 is 0 Å². The number of carbonyl (C=O) groups is 1. The van der Waals surface area contributed by atoms with Gasteiger partial charge in [-0.2, -0.15) is 9.57 Å². The van der Waals surface area contributed by atoms with Crippen LogP contribution in [-0.4, -0.2) is 36.9 Å². The van der Waals surface area contributed by atoms with Crippen LogP contribution in [-0.2, 0) is 14.8 Å². The first-order valence-electron chi connectivity index (χ1n) is 5.68. The zero-order valence-corrected chi connectivity index (χ0v) is 10.8. The Labute approximate surface area is 110 Å². The Balaban J connectivity index is 2.14. The van der Waals surface area contributed by atoms with E-state index in [-0.39, 0.29) is 36.8 Å². The lowest BCUT2D eigenvalue weighted by atomic mass is 9.99. The van der Waals surface area contributed by atoms with Crippen molar-refractivity contribution >= 4 is 16.0 Å². The minimum atomic E-state index is -3.78. The summed E-state index contributed by atoms with van der Waals surface area (Å²) in [7, 11) is -3.78. The van der Waals surface area contributed by atoms with Gasteiger partial charge in [0.05, 0.1) is 5.92 Å². The average Bonchev–Trinajstić information content (AvgIpc) is 2.88. The molecule has 8 heteroatoms. The number of hydrogen-bond donors (Lipinski definition) is 1. The predicted molar refractivity (Wildman–Crippen MR) is 62.5 cm³/mol. The third-order valence-corrected chi connectivity index (χ3v) is 4.86. The van der Waals surface area contributed by atoms with Crippen molar-refractivity contribution in [3.8, 4) is 6.07 Å². The topological polar surface area (TPSA) is 112 Å². The highest BCUT2D eigenvalue weighted by molar-refractivity contribution is 7.89. The summed E-state index contributed by atoms with van der Waals surface area (Å²) in [5.41, 5.74) is 0. The number of aliphatic carboxylic acids is 1. The molecular weight excluding hydrogens is 272 g/mol. The number of nitrogens with zero attached hydrogens (tertiary/aromatic N) is 2. The van der Waals surface area contributed by atoms with Gasteiger partial charge in [0.1, 0.15) is 6.07 Å². The van der Waals surface area contributed by atoms with E-state index in [0.29, 0.717) is 0 Å². The maximum Gasteiger partial charge on any atom is 0.306 e. The molecule has 102 valence electrons. The van der Waals surface area contributed by atoms with Gasteiger partial charge in [0.15, 0.2) is 0 Å². The van der Waals surface area contributed by atoms with Crippen molar-refractivity contribution in [3.05, 3.63) is 17.9 Å². The van der Waals surface area contributed by atoms with Gasteiger partial charge < -0.3 is 9.52 Å². The van der Waals surface area contributed by atoms with Gasteiger partial charge in [0.2, 0.25) is 10.9 Å². The Kier molecular flexibility index (Phi) is 3.59. The number of nitriles is 1. The van der Waals surface area contributed by atoms with Crippen LogP contribution in [0, 0.1) is 17.2 Å². The van der Waals surface area contributed by atoms with E-state index < -0.39 is 21.9 Å². The van der Waals surface area contributed by atoms with Crippen LogP contribution < -0.4 is 0 Å². The maximum absolute atomic E-state index is 12.2. The Morgan fingerprint density at radius 2 is 2.05 bits per heavy atom. The summed E-state index contributed by atoms with van der Waals surface area (Å²) >= 11 is 0. The van der Waals surface area contributed by atoms with Gasteiger partial charge in [-0.05, 0) is 25.0 Å². The summed E-state index contributed by atoms with van der Waals surface area (Å²) in [5.74, 6) is -1.47. The summed E-state index contributed by atoms with van der Waals surface area (Å²) in [6, 6.07) is 4.24. The van der Waals surface area contributed by atoms with Crippen LogP contribution in [0.5, 0.6) is 0 Å². The van der Waals surface area contributed by atoms with Gasteiger partial charge in [0.25, 0.3) is 10.0 Å². The third kappa shape index (κ3) is 2.62. The van der Waals surface area contributed by atoms with Crippen molar-refractivity contribution in [2.24, 2.45) is 5.92 Å². The fourth-order valence-electron chi connectivity index (χ4n) is 1.99. The number of sulfonamides is 1. The second-order valence-electron chi connectivity index (χ2n) is 4.25. The molecule has 1 saturated heterocycles. The molecule has 0 aliphatic carbocycles. The fourth-order valence-corrected chi connectivity index (χ4v) is 3.37. The Bertz CT molecular complexity index is 620. The van der Waals surface area contributed by atoms with Crippen molar-refractivity contribution in [1.82, 2.24) is 4.31 Å². The summed E-state index contributed by atoms with van der Waals surface area (Å²) in [6.45, 7) is 0.282. The standard InChI is InChI=1S/C11H12N2O5S/c12-7-9-1-2-10(18-9)19(16,17)13-5-3-8(4-6-13)11(14)15/h1-2,8H,3-6H2,(H,14,15). The zero-order valence-electron chi connectivity index (χ0n) is 9.94. The zero-order chi connectivity index (χ0) is 14.0. The molecule has 1 aromatic heterocycles. The van der Waals surface area contributed by atoms with E-state index in [9.17, 15) is 13.2 Å². The van der Waals surface area contributed by atoms with E-state index in [1.165, 1.54) is 16.4 Å². The van der Waals surface area contributed by atoms with Crippen LogP contribution in [0.25, 0.3) is 0 Å². The van der Waals surface area contributed by atoms with Crippen LogP contribution in [0.2, 0.25) is 0 Å². The number of carboxylic acids is 1. The van der Waals surface area contributed by atoms with Crippen molar-refractivity contribution in [1.29, 1.82) is 5.26 Å². The van der Waals surface area contributed by atoms with E-state index in [1.54, 1.807) is 6.07 Å². The normalized spacial score (nSPS) is 18.1. The van der Waals surface area contributed by atoms with Crippen LogP contribution in [0.15, 0.2) is 21.6 Å². The van der Waals surface area contributed by atoms with Gasteiger partial charge in [-0.25, -0.2) is 8.42 Å². The molecule has 1 fully saturated rings. The monoisotopic (exact) mass is 284 g/mol. The predicted octanol–water partition coefficient (Wildman–Crippen LogP) is 0.637. The van der Waals surface area contributed by atoms with Gasteiger partial charge in [-0.15, -0.1) is 0 Å². The highest BCUT2D eigenvalue weighted by Gasteiger charge is 2.33. The molecule has 1 N–H and O–H groups in total. The van der Waals surface area contributed by atoms with Gasteiger partial charge in [-0.1, -0.05) is 0 Å².